The topological polar surface area (TPSA) is 59.3 Å². The van der Waals surface area contributed by atoms with E-state index >= 15 is 0 Å². The summed E-state index contributed by atoms with van der Waals surface area (Å²) in [6.07, 6.45) is 5.34. The predicted molar refractivity (Wildman–Crippen MR) is 106 cm³/mol. The summed E-state index contributed by atoms with van der Waals surface area (Å²) in [5.74, 6) is 0.944. The SMILES string of the molecule is CNC(=O)C(C)(C)c1cccn2c(C3(c4ccc(C)cc4)CCC3)nnc12. The number of rotatable bonds is 4. The second kappa shape index (κ2) is 6.19. The number of amides is 1. The molecule has 140 valence electrons. The van der Waals surface area contributed by atoms with Gasteiger partial charge in [-0.1, -0.05) is 42.3 Å². The van der Waals surface area contributed by atoms with E-state index in [1.165, 1.54) is 17.5 Å². The van der Waals surface area contributed by atoms with Crippen LogP contribution < -0.4 is 5.32 Å². The van der Waals surface area contributed by atoms with E-state index in [2.05, 4.69) is 51.1 Å². The number of carbonyl (C=O) groups is 1. The highest BCUT2D eigenvalue weighted by molar-refractivity contribution is 5.89. The predicted octanol–water partition coefficient (Wildman–Crippen LogP) is 3.53. The van der Waals surface area contributed by atoms with Gasteiger partial charge in [-0.3, -0.25) is 9.20 Å². The van der Waals surface area contributed by atoms with E-state index in [1.54, 1.807) is 7.05 Å². The molecule has 1 N–H and O–H groups in total. The highest BCUT2D eigenvalue weighted by Gasteiger charge is 2.44. The summed E-state index contributed by atoms with van der Waals surface area (Å²) in [6.45, 7) is 5.96. The molecule has 5 heteroatoms. The highest BCUT2D eigenvalue weighted by atomic mass is 16.2. The summed E-state index contributed by atoms with van der Waals surface area (Å²) in [5, 5.41) is 11.9. The lowest BCUT2D eigenvalue weighted by Crippen LogP contribution is -2.39. The molecule has 4 rings (SSSR count). The lowest BCUT2D eigenvalue weighted by molar-refractivity contribution is -0.125. The largest absolute Gasteiger partial charge is 0.358 e. The van der Waals surface area contributed by atoms with Crippen molar-refractivity contribution >= 4 is 11.6 Å². The number of benzene rings is 1. The van der Waals surface area contributed by atoms with Crippen LogP contribution in [0.4, 0.5) is 0 Å². The Balaban J connectivity index is 1.88. The number of hydrogen-bond donors (Lipinski definition) is 1. The molecule has 0 spiro atoms. The van der Waals surface area contributed by atoms with Crippen LogP contribution in [0.5, 0.6) is 0 Å². The van der Waals surface area contributed by atoms with Gasteiger partial charge in [-0.05, 0) is 45.2 Å². The minimum Gasteiger partial charge on any atom is -0.358 e. The van der Waals surface area contributed by atoms with Crippen LogP contribution in [-0.4, -0.2) is 27.6 Å². The fourth-order valence-corrected chi connectivity index (χ4v) is 4.21. The van der Waals surface area contributed by atoms with Crippen molar-refractivity contribution in [1.29, 1.82) is 0 Å². The van der Waals surface area contributed by atoms with Crippen LogP contribution in [-0.2, 0) is 15.6 Å². The summed E-state index contributed by atoms with van der Waals surface area (Å²) in [4.78, 5) is 12.4. The molecule has 5 nitrogen and oxygen atoms in total. The zero-order chi connectivity index (χ0) is 19.2. The van der Waals surface area contributed by atoms with Crippen LogP contribution in [0.25, 0.3) is 5.65 Å². The maximum Gasteiger partial charge on any atom is 0.229 e. The van der Waals surface area contributed by atoms with E-state index in [9.17, 15) is 4.79 Å². The molecule has 1 aliphatic carbocycles. The van der Waals surface area contributed by atoms with Crippen molar-refractivity contribution in [2.24, 2.45) is 0 Å². The first-order chi connectivity index (χ1) is 12.9. The van der Waals surface area contributed by atoms with E-state index in [0.717, 1.165) is 29.9 Å². The van der Waals surface area contributed by atoms with Crippen LogP contribution in [0.2, 0.25) is 0 Å². The summed E-state index contributed by atoms with van der Waals surface area (Å²) < 4.78 is 2.08. The zero-order valence-electron chi connectivity index (χ0n) is 16.4. The van der Waals surface area contributed by atoms with Crippen molar-refractivity contribution in [3.05, 3.63) is 65.1 Å². The number of fused-ring (bicyclic) bond motifs is 1. The van der Waals surface area contributed by atoms with Gasteiger partial charge in [0, 0.05) is 18.8 Å². The molecule has 3 aromatic rings. The lowest BCUT2D eigenvalue weighted by Gasteiger charge is -2.41. The Morgan fingerprint density at radius 3 is 2.44 bits per heavy atom. The average Bonchev–Trinajstić information content (AvgIpc) is 3.06. The maximum absolute atomic E-state index is 12.4. The van der Waals surface area contributed by atoms with Crippen molar-refractivity contribution in [2.75, 3.05) is 7.05 Å². The highest BCUT2D eigenvalue weighted by Crippen LogP contribution is 2.48. The molecule has 1 aromatic carbocycles. The fraction of sp³-hybridized carbons (Fsp3) is 0.409. The van der Waals surface area contributed by atoms with E-state index < -0.39 is 5.41 Å². The van der Waals surface area contributed by atoms with Crippen molar-refractivity contribution in [1.82, 2.24) is 19.9 Å². The van der Waals surface area contributed by atoms with E-state index in [0.29, 0.717) is 0 Å². The molecule has 0 radical (unpaired) electrons. The van der Waals surface area contributed by atoms with Crippen molar-refractivity contribution in [2.45, 2.75) is 50.9 Å². The Labute approximate surface area is 159 Å². The number of aryl methyl sites for hydroxylation is 1. The molecular weight excluding hydrogens is 336 g/mol. The third-order valence-corrected chi connectivity index (χ3v) is 6.14. The van der Waals surface area contributed by atoms with Crippen LogP contribution in [0, 0.1) is 6.92 Å². The third-order valence-electron chi connectivity index (χ3n) is 6.14. The minimum absolute atomic E-state index is 0.0305. The Morgan fingerprint density at radius 1 is 1.15 bits per heavy atom. The average molecular weight is 362 g/mol. The van der Waals surface area contributed by atoms with Crippen molar-refractivity contribution < 1.29 is 4.79 Å². The molecule has 0 saturated heterocycles. The van der Waals surface area contributed by atoms with Crippen LogP contribution in [0.15, 0.2) is 42.6 Å². The van der Waals surface area contributed by atoms with Gasteiger partial charge in [-0.25, -0.2) is 0 Å². The molecule has 1 aliphatic rings. The molecule has 0 atom stereocenters. The molecule has 0 unspecified atom stereocenters. The Kier molecular flexibility index (Phi) is 4.06. The quantitative estimate of drug-likeness (QED) is 0.772. The summed E-state index contributed by atoms with van der Waals surface area (Å²) >= 11 is 0. The number of likely N-dealkylation sites (N-methyl/N-ethyl adjacent to an activating group) is 1. The molecule has 0 bridgehead atoms. The Bertz CT molecular complexity index is 997. The molecule has 1 saturated carbocycles. The molecule has 2 aromatic heterocycles. The van der Waals surface area contributed by atoms with Gasteiger partial charge in [0.2, 0.25) is 5.91 Å². The molecule has 27 heavy (non-hydrogen) atoms. The van der Waals surface area contributed by atoms with Crippen LogP contribution in [0.3, 0.4) is 0 Å². The Hall–Kier alpha value is -2.69. The fourth-order valence-electron chi connectivity index (χ4n) is 4.21. The number of nitrogens with one attached hydrogen (secondary N) is 1. The lowest BCUT2D eigenvalue weighted by atomic mass is 9.63. The van der Waals surface area contributed by atoms with E-state index in [4.69, 9.17) is 0 Å². The monoisotopic (exact) mass is 362 g/mol. The smallest absolute Gasteiger partial charge is 0.229 e. The first-order valence-electron chi connectivity index (χ1n) is 9.54. The van der Waals surface area contributed by atoms with E-state index in [1.807, 2.05) is 32.2 Å². The van der Waals surface area contributed by atoms with Gasteiger partial charge in [-0.2, -0.15) is 0 Å². The number of pyridine rings is 1. The van der Waals surface area contributed by atoms with E-state index in [-0.39, 0.29) is 11.3 Å². The second-order valence-corrected chi connectivity index (χ2v) is 8.14. The van der Waals surface area contributed by atoms with Crippen molar-refractivity contribution in [3.63, 3.8) is 0 Å². The van der Waals surface area contributed by atoms with Crippen molar-refractivity contribution in [3.8, 4) is 0 Å². The van der Waals surface area contributed by atoms with Gasteiger partial charge in [-0.15, -0.1) is 10.2 Å². The second-order valence-electron chi connectivity index (χ2n) is 8.14. The maximum atomic E-state index is 12.4. The van der Waals surface area contributed by atoms with Gasteiger partial charge in [0.15, 0.2) is 5.65 Å². The number of nitrogens with zero attached hydrogens (tertiary/aromatic N) is 3. The van der Waals surface area contributed by atoms with Crippen LogP contribution >= 0.6 is 0 Å². The van der Waals surface area contributed by atoms with Gasteiger partial charge in [0.1, 0.15) is 5.82 Å². The standard InChI is InChI=1S/C22H26N4O/c1-15-8-10-16(11-9-15)22(12-6-13-22)19-25-24-18-17(7-5-14-26(18)19)21(2,3)20(27)23-4/h5,7-11,14H,6,12-13H2,1-4H3,(H,23,27). The number of aromatic nitrogens is 3. The molecule has 1 amide bonds. The summed E-state index contributed by atoms with van der Waals surface area (Å²) in [7, 11) is 1.67. The van der Waals surface area contributed by atoms with Gasteiger partial charge >= 0.3 is 0 Å². The third kappa shape index (κ3) is 2.56. The summed E-state index contributed by atoms with van der Waals surface area (Å²) in [6, 6.07) is 12.7. The van der Waals surface area contributed by atoms with Gasteiger partial charge in [0.25, 0.3) is 0 Å². The van der Waals surface area contributed by atoms with Gasteiger partial charge < -0.3 is 5.32 Å². The zero-order valence-corrected chi connectivity index (χ0v) is 16.4. The molecule has 0 aliphatic heterocycles. The minimum atomic E-state index is -0.682. The molecule has 1 fully saturated rings. The Morgan fingerprint density at radius 2 is 1.85 bits per heavy atom. The molecule has 2 heterocycles. The number of hydrogen-bond acceptors (Lipinski definition) is 3. The first kappa shape index (κ1) is 17.7. The number of carbonyl (C=O) groups excluding carboxylic acids is 1. The van der Waals surface area contributed by atoms with Gasteiger partial charge in [0.05, 0.1) is 10.8 Å². The van der Waals surface area contributed by atoms with Crippen LogP contribution in [0.1, 0.15) is 55.6 Å². The molecular formula is C22H26N4O. The first-order valence-corrected chi connectivity index (χ1v) is 9.54. The summed E-state index contributed by atoms with van der Waals surface area (Å²) in [5.41, 5.74) is 3.43. The normalized spacial score (nSPS) is 16.1.